The van der Waals surface area contributed by atoms with Crippen molar-refractivity contribution >= 4 is 43.8 Å². The van der Waals surface area contributed by atoms with Crippen molar-refractivity contribution in [2.45, 2.75) is 38.0 Å². The molecule has 9 heteroatoms. The first-order valence-corrected chi connectivity index (χ1v) is 14.7. The number of ether oxygens (including phenoxy) is 1. The van der Waals surface area contributed by atoms with Gasteiger partial charge in [-0.2, -0.15) is 0 Å². The molecular weight excluding hydrogens is 528 g/mol. The third-order valence-electron chi connectivity index (χ3n) is 5.71. The number of sulfone groups is 1. The summed E-state index contributed by atoms with van der Waals surface area (Å²) in [6.45, 7) is 5.80. The molecule has 0 saturated carbocycles. The van der Waals surface area contributed by atoms with E-state index in [2.05, 4.69) is 24.1 Å². The molecule has 0 spiro atoms. The number of halogens is 1. The van der Waals surface area contributed by atoms with Crippen LogP contribution in [0.2, 0.25) is 5.02 Å². The van der Waals surface area contributed by atoms with Crippen LogP contribution in [0.4, 0.5) is 5.13 Å². The number of nitrogens with zero attached hydrogens (tertiary/aromatic N) is 1. The zero-order valence-electron chi connectivity index (χ0n) is 20.7. The number of nitrogens with one attached hydrogen (secondary N) is 1. The lowest BCUT2D eigenvalue weighted by molar-refractivity contribution is -0.115. The Bertz CT molecular complexity index is 1510. The van der Waals surface area contributed by atoms with Gasteiger partial charge in [-0.05, 0) is 47.4 Å². The predicted molar refractivity (Wildman–Crippen MR) is 150 cm³/mol. The first kappa shape index (κ1) is 26.9. The van der Waals surface area contributed by atoms with Gasteiger partial charge in [-0.15, -0.1) is 0 Å². The summed E-state index contributed by atoms with van der Waals surface area (Å²) < 4.78 is 30.4. The van der Waals surface area contributed by atoms with Crippen molar-refractivity contribution in [3.8, 4) is 22.1 Å². The monoisotopic (exact) mass is 554 g/mol. The van der Waals surface area contributed by atoms with Crippen LogP contribution >= 0.6 is 22.9 Å². The zero-order chi connectivity index (χ0) is 26.6. The molecule has 0 bridgehead atoms. The Kier molecular flexibility index (Phi) is 8.32. The van der Waals surface area contributed by atoms with E-state index in [1.165, 1.54) is 23.5 Å². The van der Waals surface area contributed by atoms with Crippen molar-refractivity contribution in [1.29, 1.82) is 0 Å². The van der Waals surface area contributed by atoms with Gasteiger partial charge in [0, 0.05) is 10.6 Å². The number of rotatable bonds is 9. The molecule has 0 radical (unpaired) electrons. The maximum atomic E-state index is 12.8. The highest BCUT2D eigenvalue weighted by atomic mass is 35.5. The number of aromatic nitrogens is 1. The van der Waals surface area contributed by atoms with Crippen molar-refractivity contribution < 1.29 is 17.9 Å². The molecule has 4 rings (SSSR count). The maximum Gasteiger partial charge on any atom is 0.230 e. The molecule has 0 aliphatic carbocycles. The van der Waals surface area contributed by atoms with E-state index in [0.29, 0.717) is 26.5 Å². The molecular formula is C28H27ClN2O4S2. The van der Waals surface area contributed by atoms with Gasteiger partial charge in [-0.25, -0.2) is 13.4 Å². The molecule has 0 saturated heterocycles. The summed E-state index contributed by atoms with van der Waals surface area (Å²) in [6, 6.07) is 21.5. The number of hydrogen-bond donors (Lipinski definition) is 1. The van der Waals surface area contributed by atoms with Crippen molar-refractivity contribution in [3.05, 3.63) is 88.9 Å². The van der Waals surface area contributed by atoms with E-state index < -0.39 is 9.84 Å². The van der Waals surface area contributed by atoms with Gasteiger partial charge in [0.15, 0.2) is 15.0 Å². The second-order valence-corrected chi connectivity index (χ2v) is 12.4. The largest absolute Gasteiger partial charge is 0.444 e. The average molecular weight is 555 g/mol. The highest BCUT2D eigenvalue weighted by Gasteiger charge is 2.19. The summed E-state index contributed by atoms with van der Waals surface area (Å²) in [5.74, 6) is 0.741. The lowest BCUT2D eigenvalue weighted by atomic mass is 10.0. The Hall–Kier alpha value is -3.20. The average Bonchev–Trinajstić information content (AvgIpc) is 3.26. The van der Waals surface area contributed by atoms with Crippen LogP contribution in [0.5, 0.6) is 10.8 Å². The van der Waals surface area contributed by atoms with E-state index in [1.54, 1.807) is 31.2 Å². The number of anilines is 1. The zero-order valence-corrected chi connectivity index (χ0v) is 23.1. The van der Waals surface area contributed by atoms with Crippen LogP contribution in [0.15, 0.2) is 77.7 Å². The van der Waals surface area contributed by atoms with E-state index in [-0.39, 0.29) is 28.9 Å². The third kappa shape index (κ3) is 6.57. The first-order valence-electron chi connectivity index (χ1n) is 11.8. The highest BCUT2D eigenvalue weighted by molar-refractivity contribution is 7.91. The van der Waals surface area contributed by atoms with Gasteiger partial charge in [0.05, 0.1) is 17.1 Å². The standard InChI is InChI=1S/C28H27ClN2O4S2/c1-4-37(33,34)22-14-12-19(13-15-22)16-25(32)30-28-31-26(20-8-7-9-21(29)17-20)27(36-28)35-24-11-6-5-10-23(24)18(2)3/h5-15,17-18H,4,16H2,1-3H3,(H,30,31,32). The Labute approximate surface area is 226 Å². The maximum absolute atomic E-state index is 12.8. The molecule has 1 N–H and O–H groups in total. The summed E-state index contributed by atoms with van der Waals surface area (Å²) >= 11 is 7.47. The summed E-state index contributed by atoms with van der Waals surface area (Å²) in [7, 11) is -3.29. The second kappa shape index (κ2) is 11.5. The minimum atomic E-state index is -3.29. The Balaban J connectivity index is 1.59. The molecule has 6 nitrogen and oxygen atoms in total. The molecule has 37 heavy (non-hydrogen) atoms. The number of thiazole rings is 1. The number of hydrogen-bond acceptors (Lipinski definition) is 6. The van der Waals surface area contributed by atoms with Crippen LogP contribution in [-0.2, 0) is 21.1 Å². The molecule has 4 aromatic rings. The fourth-order valence-electron chi connectivity index (χ4n) is 3.73. The van der Waals surface area contributed by atoms with E-state index in [0.717, 1.165) is 16.9 Å². The lowest BCUT2D eigenvalue weighted by Crippen LogP contribution is -2.14. The van der Waals surface area contributed by atoms with Gasteiger partial charge in [-0.1, -0.05) is 86.2 Å². The summed E-state index contributed by atoms with van der Waals surface area (Å²) in [5, 5.41) is 4.35. The van der Waals surface area contributed by atoms with Crippen LogP contribution in [0, 0.1) is 0 Å². The lowest BCUT2D eigenvalue weighted by Gasteiger charge is -2.13. The SMILES string of the molecule is CCS(=O)(=O)c1ccc(CC(=O)Nc2nc(-c3cccc(Cl)c3)c(Oc3ccccc3C(C)C)s2)cc1. The van der Waals surface area contributed by atoms with Crippen LogP contribution in [0.3, 0.4) is 0 Å². The molecule has 1 heterocycles. The molecule has 192 valence electrons. The number of amides is 1. The molecule has 0 atom stereocenters. The number of para-hydroxylation sites is 1. The predicted octanol–water partition coefficient (Wildman–Crippen LogP) is 7.35. The summed E-state index contributed by atoms with van der Waals surface area (Å²) in [5.41, 5.74) is 3.11. The Morgan fingerprint density at radius 3 is 2.46 bits per heavy atom. The fraction of sp³-hybridized carbons (Fsp3) is 0.214. The van der Waals surface area contributed by atoms with E-state index >= 15 is 0 Å². The highest BCUT2D eigenvalue weighted by Crippen LogP contribution is 2.42. The second-order valence-electron chi connectivity index (χ2n) is 8.73. The smallest absolute Gasteiger partial charge is 0.230 e. The van der Waals surface area contributed by atoms with Crippen molar-refractivity contribution in [3.63, 3.8) is 0 Å². The first-order chi connectivity index (χ1) is 17.7. The quantitative estimate of drug-likeness (QED) is 0.234. The number of carbonyl (C=O) groups excluding carboxylic acids is 1. The van der Waals surface area contributed by atoms with Crippen molar-refractivity contribution in [1.82, 2.24) is 4.98 Å². The number of carbonyl (C=O) groups is 1. The molecule has 0 fully saturated rings. The molecule has 3 aromatic carbocycles. The Morgan fingerprint density at radius 1 is 1.05 bits per heavy atom. The topological polar surface area (TPSA) is 85.4 Å². The Morgan fingerprint density at radius 2 is 1.78 bits per heavy atom. The van der Waals surface area contributed by atoms with E-state index in [4.69, 9.17) is 16.3 Å². The van der Waals surface area contributed by atoms with Crippen molar-refractivity contribution in [2.75, 3.05) is 11.1 Å². The van der Waals surface area contributed by atoms with Gasteiger partial charge in [-0.3, -0.25) is 4.79 Å². The molecule has 0 aliphatic heterocycles. The normalized spacial score (nSPS) is 11.5. The van der Waals surface area contributed by atoms with Gasteiger partial charge < -0.3 is 10.1 Å². The van der Waals surface area contributed by atoms with Crippen LogP contribution < -0.4 is 10.1 Å². The van der Waals surface area contributed by atoms with Crippen LogP contribution in [-0.4, -0.2) is 25.1 Å². The number of benzene rings is 3. The minimum Gasteiger partial charge on any atom is -0.444 e. The minimum absolute atomic E-state index is 0.0257. The molecule has 1 aromatic heterocycles. The van der Waals surface area contributed by atoms with Gasteiger partial charge in [0.2, 0.25) is 11.0 Å². The molecule has 0 unspecified atom stereocenters. The van der Waals surface area contributed by atoms with Crippen LogP contribution in [0.1, 0.15) is 37.8 Å². The van der Waals surface area contributed by atoms with Gasteiger partial charge in [0.1, 0.15) is 11.4 Å². The van der Waals surface area contributed by atoms with Crippen molar-refractivity contribution in [2.24, 2.45) is 0 Å². The fourth-order valence-corrected chi connectivity index (χ4v) is 5.67. The summed E-state index contributed by atoms with van der Waals surface area (Å²) in [4.78, 5) is 17.7. The van der Waals surface area contributed by atoms with Crippen LogP contribution in [0.25, 0.3) is 11.3 Å². The van der Waals surface area contributed by atoms with Gasteiger partial charge in [0.25, 0.3) is 0 Å². The van der Waals surface area contributed by atoms with E-state index in [9.17, 15) is 13.2 Å². The molecule has 1 amide bonds. The third-order valence-corrected chi connectivity index (χ3v) is 8.55. The summed E-state index contributed by atoms with van der Waals surface area (Å²) in [6.07, 6.45) is 0.0743. The van der Waals surface area contributed by atoms with E-state index in [1.807, 2.05) is 36.4 Å². The van der Waals surface area contributed by atoms with Gasteiger partial charge >= 0.3 is 0 Å². The molecule has 0 aliphatic rings.